The van der Waals surface area contributed by atoms with Gasteiger partial charge in [-0.3, -0.25) is 4.79 Å². The third-order valence-corrected chi connectivity index (χ3v) is 5.22. The average Bonchev–Trinajstić information content (AvgIpc) is 2.98. The topological polar surface area (TPSA) is 51.7 Å². The lowest BCUT2D eigenvalue weighted by atomic mass is 9.99. The number of carbonyl (C=O) groups excluding carboxylic acids is 1. The highest BCUT2D eigenvalue weighted by molar-refractivity contribution is 9.10. The monoisotopic (exact) mass is 382 g/mol. The Morgan fingerprint density at radius 2 is 2.18 bits per heavy atom. The van der Waals surface area contributed by atoms with E-state index >= 15 is 0 Å². The van der Waals surface area contributed by atoms with E-state index in [-0.39, 0.29) is 5.91 Å². The first-order valence-corrected chi connectivity index (χ1v) is 8.45. The second kappa shape index (κ2) is 6.26. The molecule has 5 nitrogen and oxygen atoms in total. The van der Waals surface area contributed by atoms with Crippen LogP contribution in [-0.2, 0) is 6.42 Å². The molecule has 116 valence electrons. The molecule has 1 amide bonds. The van der Waals surface area contributed by atoms with E-state index in [1.807, 2.05) is 17.5 Å². The van der Waals surface area contributed by atoms with Gasteiger partial charge in [0, 0.05) is 29.6 Å². The molecule has 1 aromatic carbocycles. The third kappa shape index (κ3) is 2.59. The molecule has 22 heavy (non-hydrogen) atoms. The number of ether oxygens (including phenoxy) is 2. The summed E-state index contributed by atoms with van der Waals surface area (Å²) in [6, 6.07) is 3.74. The van der Waals surface area contributed by atoms with Gasteiger partial charge >= 0.3 is 0 Å². The van der Waals surface area contributed by atoms with Gasteiger partial charge in [-0.2, -0.15) is 4.37 Å². The molecule has 0 saturated heterocycles. The summed E-state index contributed by atoms with van der Waals surface area (Å²) in [5.41, 5.74) is 2.32. The van der Waals surface area contributed by atoms with Crippen molar-refractivity contribution < 1.29 is 14.3 Å². The van der Waals surface area contributed by atoms with Gasteiger partial charge in [-0.15, -0.1) is 0 Å². The molecule has 0 bridgehead atoms. The number of carbonyl (C=O) groups is 1. The molecule has 1 aromatic heterocycles. The third-order valence-electron chi connectivity index (χ3n) is 3.69. The van der Waals surface area contributed by atoms with E-state index < -0.39 is 0 Å². The highest BCUT2D eigenvalue weighted by atomic mass is 79.9. The number of hydrogen-bond acceptors (Lipinski definition) is 5. The first-order chi connectivity index (χ1) is 10.7. The van der Waals surface area contributed by atoms with Crippen LogP contribution in [0.3, 0.4) is 0 Å². The Hall–Kier alpha value is -1.60. The van der Waals surface area contributed by atoms with Gasteiger partial charge in [0.05, 0.1) is 24.4 Å². The molecule has 2 heterocycles. The Labute approximate surface area is 141 Å². The lowest BCUT2D eigenvalue weighted by Gasteiger charge is -2.30. The van der Waals surface area contributed by atoms with Crippen molar-refractivity contribution in [3.8, 4) is 11.5 Å². The number of hydrogen-bond donors (Lipinski definition) is 0. The molecule has 0 fully saturated rings. The van der Waals surface area contributed by atoms with Crippen LogP contribution in [0, 0.1) is 0 Å². The SMILES string of the molecule is COc1cc(OC)c2c(c1)N(C(=O)c1nscc1Br)CCC2. The summed E-state index contributed by atoms with van der Waals surface area (Å²) in [7, 11) is 3.24. The predicted octanol–water partition coefficient (Wildman–Crippen LogP) is 3.52. The zero-order valence-corrected chi connectivity index (χ0v) is 14.7. The van der Waals surface area contributed by atoms with Crippen LogP contribution < -0.4 is 14.4 Å². The lowest BCUT2D eigenvalue weighted by molar-refractivity contribution is 0.0980. The molecular weight excluding hydrogens is 368 g/mol. The number of amides is 1. The minimum Gasteiger partial charge on any atom is -0.497 e. The molecule has 1 aliphatic rings. The first kappa shape index (κ1) is 15.3. The molecule has 7 heteroatoms. The number of benzene rings is 1. The van der Waals surface area contributed by atoms with Crippen LogP contribution in [0.5, 0.6) is 11.5 Å². The van der Waals surface area contributed by atoms with Crippen LogP contribution in [0.2, 0.25) is 0 Å². The van der Waals surface area contributed by atoms with Crippen molar-refractivity contribution in [3.05, 3.63) is 33.2 Å². The molecule has 3 rings (SSSR count). The van der Waals surface area contributed by atoms with Crippen molar-refractivity contribution in [2.45, 2.75) is 12.8 Å². The van der Waals surface area contributed by atoms with E-state index in [1.54, 1.807) is 19.1 Å². The van der Waals surface area contributed by atoms with Crippen molar-refractivity contribution >= 4 is 39.1 Å². The lowest BCUT2D eigenvalue weighted by Crippen LogP contribution is -2.36. The number of fused-ring (bicyclic) bond motifs is 1. The van der Waals surface area contributed by atoms with Gasteiger partial charge < -0.3 is 14.4 Å². The zero-order valence-electron chi connectivity index (χ0n) is 12.3. The second-order valence-corrected chi connectivity index (χ2v) is 6.38. The quantitative estimate of drug-likeness (QED) is 0.814. The zero-order chi connectivity index (χ0) is 15.7. The molecule has 0 unspecified atom stereocenters. The van der Waals surface area contributed by atoms with Crippen molar-refractivity contribution in [3.63, 3.8) is 0 Å². The first-order valence-electron chi connectivity index (χ1n) is 6.82. The Morgan fingerprint density at radius 1 is 1.36 bits per heavy atom. The average molecular weight is 383 g/mol. The summed E-state index contributed by atoms with van der Waals surface area (Å²) >= 11 is 4.64. The van der Waals surface area contributed by atoms with Crippen LogP contribution >= 0.6 is 27.5 Å². The van der Waals surface area contributed by atoms with Crippen molar-refractivity contribution in [1.29, 1.82) is 0 Å². The van der Waals surface area contributed by atoms with Gasteiger partial charge in [0.25, 0.3) is 5.91 Å². The van der Waals surface area contributed by atoms with Gasteiger partial charge in [-0.1, -0.05) is 0 Å². The van der Waals surface area contributed by atoms with Crippen LogP contribution in [0.1, 0.15) is 22.5 Å². The summed E-state index contributed by atoms with van der Waals surface area (Å²) in [6.45, 7) is 0.659. The summed E-state index contributed by atoms with van der Waals surface area (Å²) in [5.74, 6) is 1.32. The molecule has 0 saturated carbocycles. The van der Waals surface area contributed by atoms with E-state index in [0.29, 0.717) is 18.0 Å². The molecule has 2 aromatic rings. The Balaban J connectivity index is 2.07. The summed E-state index contributed by atoms with van der Waals surface area (Å²) < 4.78 is 15.7. The molecule has 0 atom stereocenters. The largest absolute Gasteiger partial charge is 0.497 e. The van der Waals surface area contributed by atoms with E-state index in [0.717, 1.165) is 34.3 Å². The maximum absolute atomic E-state index is 12.8. The van der Waals surface area contributed by atoms with Gasteiger partial charge in [0.2, 0.25) is 0 Å². The van der Waals surface area contributed by atoms with E-state index in [2.05, 4.69) is 20.3 Å². The molecular formula is C15H15BrN2O3S. The summed E-state index contributed by atoms with van der Waals surface area (Å²) in [5, 5.41) is 1.81. The normalized spacial score (nSPS) is 13.7. The fraction of sp³-hybridized carbons (Fsp3) is 0.333. The standard InChI is InChI=1S/C15H15BrN2O3S/c1-20-9-6-12-10(13(7-9)21-2)4-3-5-18(12)15(19)14-11(16)8-22-17-14/h6-8H,3-5H2,1-2H3. The van der Waals surface area contributed by atoms with Crippen LogP contribution in [0.4, 0.5) is 5.69 Å². The van der Waals surface area contributed by atoms with Crippen LogP contribution in [0.25, 0.3) is 0 Å². The second-order valence-electron chi connectivity index (χ2n) is 4.90. The molecule has 0 N–H and O–H groups in total. The van der Waals surface area contributed by atoms with Crippen molar-refractivity contribution in [2.75, 3.05) is 25.7 Å². The maximum Gasteiger partial charge on any atom is 0.279 e. The minimum absolute atomic E-state index is 0.107. The Kier molecular flexibility index (Phi) is 4.35. The Bertz CT molecular complexity index is 717. The fourth-order valence-corrected chi connectivity index (χ4v) is 3.80. The molecule has 1 aliphatic heterocycles. The molecule has 0 aliphatic carbocycles. The van der Waals surface area contributed by atoms with Crippen LogP contribution in [0.15, 0.2) is 22.0 Å². The maximum atomic E-state index is 12.8. The molecule has 0 radical (unpaired) electrons. The summed E-state index contributed by atoms with van der Waals surface area (Å²) in [4.78, 5) is 14.6. The number of rotatable bonds is 3. The number of anilines is 1. The smallest absolute Gasteiger partial charge is 0.279 e. The Morgan fingerprint density at radius 3 is 2.82 bits per heavy atom. The van der Waals surface area contributed by atoms with Gasteiger partial charge in [0.1, 0.15) is 11.5 Å². The van der Waals surface area contributed by atoms with Crippen molar-refractivity contribution in [2.24, 2.45) is 0 Å². The highest BCUT2D eigenvalue weighted by Crippen LogP contribution is 2.39. The summed E-state index contributed by atoms with van der Waals surface area (Å²) in [6.07, 6.45) is 1.77. The predicted molar refractivity (Wildman–Crippen MR) is 89.4 cm³/mol. The number of methoxy groups -OCH3 is 2. The number of halogens is 1. The van der Waals surface area contributed by atoms with E-state index in [4.69, 9.17) is 9.47 Å². The van der Waals surface area contributed by atoms with Crippen molar-refractivity contribution in [1.82, 2.24) is 4.37 Å². The number of nitrogens with zero attached hydrogens (tertiary/aromatic N) is 2. The van der Waals surface area contributed by atoms with Gasteiger partial charge in [-0.25, -0.2) is 0 Å². The van der Waals surface area contributed by atoms with E-state index in [1.165, 1.54) is 11.5 Å². The van der Waals surface area contributed by atoms with Gasteiger partial charge in [-0.05, 0) is 40.3 Å². The van der Waals surface area contributed by atoms with E-state index in [9.17, 15) is 4.79 Å². The molecule has 0 spiro atoms. The van der Waals surface area contributed by atoms with Crippen LogP contribution in [-0.4, -0.2) is 31.0 Å². The fourth-order valence-electron chi connectivity index (χ4n) is 2.64. The number of aromatic nitrogens is 1. The van der Waals surface area contributed by atoms with Gasteiger partial charge in [0.15, 0.2) is 5.69 Å². The highest BCUT2D eigenvalue weighted by Gasteiger charge is 2.29. The minimum atomic E-state index is -0.107.